The van der Waals surface area contributed by atoms with Gasteiger partial charge in [-0.2, -0.15) is 0 Å². The minimum Gasteiger partial charge on any atom is -0.310 e. The number of nitrogens with one attached hydrogen (secondary N) is 1. The second kappa shape index (κ2) is 7.47. The SMILES string of the molecule is Cc1ccc(CNC(C)CCc2ccccc2)cc1Cl. The van der Waals surface area contributed by atoms with Crippen LogP contribution < -0.4 is 5.32 Å². The fourth-order valence-corrected chi connectivity index (χ4v) is 2.37. The first-order valence-electron chi connectivity index (χ1n) is 7.17. The molecule has 0 bridgehead atoms. The van der Waals surface area contributed by atoms with Gasteiger partial charge in [0.2, 0.25) is 0 Å². The first kappa shape index (κ1) is 15.1. The molecule has 1 nitrogen and oxygen atoms in total. The van der Waals surface area contributed by atoms with Gasteiger partial charge in [0.05, 0.1) is 0 Å². The van der Waals surface area contributed by atoms with Crippen molar-refractivity contribution < 1.29 is 0 Å². The Balaban J connectivity index is 1.77. The average molecular weight is 288 g/mol. The van der Waals surface area contributed by atoms with Crippen LogP contribution in [0.2, 0.25) is 5.02 Å². The first-order chi connectivity index (χ1) is 9.65. The Kier molecular flexibility index (Phi) is 5.63. The maximum atomic E-state index is 6.14. The normalized spacial score (nSPS) is 12.3. The van der Waals surface area contributed by atoms with Crippen LogP contribution >= 0.6 is 11.6 Å². The molecule has 0 spiro atoms. The molecular formula is C18H22ClN. The van der Waals surface area contributed by atoms with Crippen LogP contribution in [0.3, 0.4) is 0 Å². The van der Waals surface area contributed by atoms with Crippen LogP contribution in [-0.2, 0) is 13.0 Å². The highest BCUT2D eigenvalue weighted by Gasteiger charge is 2.03. The Labute approximate surface area is 127 Å². The van der Waals surface area contributed by atoms with Crippen molar-refractivity contribution in [3.63, 3.8) is 0 Å². The minimum absolute atomic E-state index is 0.496. The second-order valence-electron chi connectivity index (χ2n) is 5.39. The van der Waals surface area contributed by atoms with Crippen molar-refractivity contribution >= 4 is 11.6 Å². The van der Waals surface area contributed by atoms with Crippen LogP contribution in [0.4, 0.5) is 0 Å². The summed E-state index contributed by atoms with van der Waals surface area (Å²) in [4.78, 5) is 0. The van der Waals surface area contributed by atoms with Gasteiger partial charge < -0.3 is 5.32 Å². The number of aryl methyl sites for hydroxylation is 2. The molecule has 2 aromatic carbocycles. The van der Waals surface area contributed by atoms with E-state index in [0.717, 1.165) is 30.0 Å². The van der Waals surface area contributed by atoms with Gasteiger partial charge in [0.15, 0.2) is 0 Å². The standard InChI is InChI=1S/C18H22ClN/c1-14-8-10-17(12-18(14)19)13-20-15(2)9-11-16-6-4-3-5-7-16/h3-8,10,12,15,20H,9,11,13H2,1-2H3. The van der Waals surface area contributed by atoms with Crippen molar-refractivity contribution in [1.29, 1.82) is 0 Å². The van der Waals surface area contributed by atoms with Gasteiger partial charge in [0, 0.05) is 17.6 Å². The van der Waals surface area contributed by atoms with E-state index >= 15 is 0 Å². The van der Waals surface area contributed by atoms with E-state index in [0.29, 0.717) is 6.04 Å². The molecule has 0 aliphatic rings. The monoisotopic (exact) mass is 287 g/mol. The van der Waals surface area contributed by atoms with Gasteiger partial charge in [-0.25, -0.2) is 0 Å². The number of rotatable bonds is 6. The molecule has 0 aliphatic heterocycles. The number of hydrogen-bond donors (Lipinski definition) is 1. The smallest absolute Gasteiger partial charge is 0.0438 e. The summed E-state index contributed by atoms with van der Waals surface area (Å²) in [6, 6.07) is 17.4. The first-order valence-corrected chi connectivity index (χ1v) is 7.55. The zero-order valence-corrected chi connectivity index (χ0v) is 13.0. The largest absolute Gasteiger partial charge is 0.310 e. The van der Waals surface area contributed by atoms with Gasteiger partial charge >= 0.3 is 0 Å². The Morgan fingerprint density at radius 2 is 1.80 bits per heavy atom. The van der Waals surface area contributed by atoms with E-state index in [-0.39, 0.29) is 0 Å². The lowest BCUT2D eigenvalue weighted by Gasteiger charge is -2.14. The van der Waals surface area contributed by atoms with Crippen molar-refractivity contribution in [2.45, 2.75) is 39.3 Å². The van der Waals surface area contributed by atoms with Gasteiger partial charge in [0.25, 0.3) is 0 Å². The molecule has 1 N–H and O–H groups in total. The lowest BCUT2D eigenvalue weighted by molar-refractivity contribution is 0.514. The molecule has 0 radical (unpaired) electrons. The zero-order valence-electron chi connectivity index (χ0n) is 12.2. The topological polar surface area (TPSA) is 12.0 Å². The molecule has 1 unspecified atom stereocenters. The average Bonchev–Trinajstić information content (AvgIpc) is 2.47. The maximum Gasteiger partial charge on any atom is 0.0438 e. The Morgan fingerprint density at radius 3 is 2.50 bits per heavy atom. The van der Waals surface area contributed by atoms with E-state index in [1.165, 1.54) is 11.1 Å². The van der Waals surface area contributed by atoms with Gasteiger partial charge in [-0.3, -0.25) is 0 Å². The van der Waals surface area contributed by atoms with E-state index in [2.05, 4.69) is 54.7 Å². The molecule has 2 aromatic rings. The molecule has 106 valence electrons. The molecule has 2 heteroatoms. The fraction of sp³-hybridized carbons (Fsp3) is 0.333. The molecular weight excluding hydrogens is 266 g/mol. The van der Waals surface area contributed by atoms with Gasteiger partial charge in [-0.05, 0) is 49.4 Å². The Hall–Kier alpha value is -1.31. The van der Waals surface area contributed by atoms with E-state index in [9.17, 15) is 0 Å². The lowest BCUT2D eigenvalue weighted by atomic mass is 10.1. The van der Waals surface area contributed by atoms with Gasteiger partial charge in [-0.15, -0.1) is 0 Å². The molecule has 0 amide bonds. The lowest BCUT2D eigenvalue weighted by Crippen LogP contribution is -2.25. The highest BCUT2D eigenvalue weighted by molar-refractivity contribution is 6.31. The summed E-state index contributed by atoms with van der Waals surface area (Å²) in [5.74, 6) is 0. The molecule has 1 atom stereocenters. The van der Waals surface area contributed by atoms with Crippen LogP contribution in [0.1, 0.15) is 30.0 Å². The van der Waals surface area contributed by atoms with Crippen molar-refractivity contribution in [1.82, 2.24) is 5.32 Å². The summed E-state index contributed by atoms with van der Waals surface area (Å²) in [5, 5.41) is 4.41. The third-order valence-corrected chi connectivity index (χ3v) is 4.01. The third kappa shape index (κ3) is 4.66. The second-order valence-corrected chi connectivity index (χ2v) is 5.80. The summed E-state index contributed by atoms with van der Waals surface area (Å²) in [5.41, 5.74) is 3.78. The molecule has 0 fully saturated rings. The predicted molar refractivity (Wildman–Crippen MR) is 87.3 cm³/mol. The molecule has 0 aliphatic carbocycles. The quantitative estimate of drug-likeness (QED) is 0.808. The van der Waals surface area contributed by atoms with Crippen LogP contribution in [0.25, 0.3) is 0 Å². The summed E-state index contributed by atoms with van der Waals surface area (Å²) in [6.07, 6.45) is 2.26. The van der Waals surface area contributed by atoms with Crippen molar-refractivity contribution in [2.75, 3.05) is 0 Å². The summed E-state index contributed by atoms with van der Waals surface area (Å²) in [6.45, 7) is 5.14. The number of benzene rings is 2. The van der Waals surface area contributed by atoms with Gasteiger partial charge in [0.1, 0.15) is 0 Å². The summed E-state index contributed by atoms with van der Waals surface area (Å²) >= 11 is 6.14. The molecule has 0 heterocycles. The maximum absolute atomic E-state index is 6.14. The molecule has 0 saturated carbocycles. The Morgan fingerprint density at radius 1 is 1.05 bits per heavy atom. The highest BCUT2D eigenvalue weighted by Crippen LogP contribution is 2.16. The minimum atomic E-state index is 0.496. The van der Waals surface area contributed by atoms with Crippen LogP contribution in [0, 0.1) is 6.92 Å². The molecule has 0 saturated heterocycles. The third-order valence-electron chi connectivity index (χ3n) is 3.60. The predicted octanol–water partition coefficient (Wildman–Crippen LogP) is 4.76. The van der Waals surface area contributed by atoms with Crippen molar-refractivity contribution in [3.05, 3.63) is 70.2 Å². The number of halogens is 1. The van der Waals surface area contributed by atoms with E-state index in [4.69, 9.17) is 11.6 Å². The van der Waals surface area contributed by atoms with Crippen molar-refractivity contribution in [3.8, 4) is 0 Å². The fourth-order valence-electron chi connectivity index (χ4n) is 2.17. The van der Waals surface area contributed by atoms with Crippen LogP contribution in [0.5, 0.6) is 0 Å². The van der Waals surface area contributed by atoms with E-state index < -0.39 is 0 Å². The highest BCUT2D eigenvalue weighted by atomic mass is 35.5. The van der Waals surface area contributed by atoms with Gasteiger partial charge in [-0.1, -0.05) is 54.1 Å². The Bertz CT molecular complexity index is 536. The molecule has 0 aromatic heterocycles. The molecule has 2 rings (SSSR count). The van der Waals surface area contributed by atoms with Crippen molar-refractivity contribution in [2.24, 2.45) is 0 Å². The van der Waals surface area contributed by atoms with E-state index in [1.54, 1.807) is 0 Å². The number of hydrogen-bond acceptors (Lipinski definition) is 1. The summed E-state index contributed by atoms with van der Waals surface area (Å²) in [7, 11) is 0. The zero-order chi connectivity index (χ0) is 14.4. The molecule has 20 heavy (non-hydrogen) atoms. The van der Waals surface area contributed by atoms with E-state index in [1.807, 2.05) is 13.0 Å². The van der Waals surface area contributed by atoms with Crippen LogP contribution in [-0.4, -0.2) is 6.04 Å². The summed E-state index contributed by atoms with van der Waals surface area (Å²) < 4.78 is 0. The van der Waals surface area contributed by atoms with Crippen LogP contribution in [0.15, 0.2) is 48.5 Å².